The van der Waals surface area contributed by atoms with Gasteiger partial charge in [-0.05, 0) is 42.7 Å². The molecule has 28 heavy (non-hydrogen) atoms. The van der Waals surface area contributed by atoms with Crippen LogP contribution in [0.15, 0.2) is 48.5 Å². The molecule has 0 spiro atoms. The van der Waals surface area contributed by atoms with Gasteiger partial charge in [0.2, 0.25) is 5.91 Å². The van der Waals surface area contributed by atoms with E-state index in [-0.39, 0.29) is 30.7 Å². The molecular formula is C22H20FN3O2. The van der Waals surface area contributed by atoms with Crippen molar-refractivity contribution in [1.82, 2.24) is 14.8 Å². The molecule has 0 bridgehead atoms. The van der Waals surface area contributed by atoms with Gasteiger partial charge >= 0.3 is 0 Å². The first kappa shape index (κ1) is 17.0. The van der Waals surface area contributed by atoms with E-state index in [9.17, 15) is 14.0 Å². The minimum Gasteiger partial charge on any atom is -0.356 e. The van der Waals surface area contributed by atoms with Crippen LogP contribution in [0, 0.1) is 5.82 Å². The molecule has 1 aromatic heterocycles. The molecule has 5 rings (SSSR count). The minimum atomic E-state index is -1.05. The monoisotopic (exact) mass is 377 g/mol. The van der Waals surface area contributed by atoms with Crippen LogP contribution in [0.4, 0.5) is 4.39 Å². The largest absolute Gasteiger partial charge is 0.356 e. The van der Waals surface area contributed by atoms with E-state index in [2.05, 4.69) is 11.1 Å². The van der Waals surface area contributed by atoms with Crippen molar-refractivity contribution in [2.24, 2.45) is 0 Å². The number of nitrogens with zero attached hydrogens (tertiary/aromatic N) is 2. The van der Waals surface area contributed by atoms with E-state index in [1.54, 1.807) is 21.9 Å². The number of carbonyl (C=O) groups excluding carboxylic acids is 2. The number of aromatic nitrogens is 1. The highest BCUT2D eigenvalue weighted by atomic mass is 19.1. The number of rotatable bonds is 2. The molecule has 2 aliphatic rings. The second-order valence-electron chi connectivity index (χ2n) is 7.68. The summed E-state index contributed by atoms with van der Waals surface area (Å²) in [5.74, 6) is -0.490. The van der Waals surface area contributed by atoms with Gasteiger partial charge in [-0.1, -0.05) is 30.3 Å². The summed E-state index contributed by atoms with van der Waals surface area (Å²) in [7, 11) is 0. The van der Waals surface area contributed by atoms with E-state index in [1.165, 1.54) is 12.1 Å². The van der Waals surface area contributed by atoms with Gasteiger partial charge in [0.05, 0.1) is 5.69 Å². The Bertz CT molecular complexity index is 1100. The van der Waals surface area contributed by atoms with Gasteiger partial charge in [-0.3, -0.25) is 9.59 Å². The third-order valence-corrected chi connectivity index (χ3v) is 6.04. The van der Waals surface area contributed by atoms with E-state index in [1.807, 2.05) is 25.1 Å². The molecule has 3 aromatic rings. The first-order valence-electron chi connectivity index (χ1n) is 9.43. The molecule has 0 aliphatic carbocycles. The third-order valence-electron chi connectivity index (χ3n) is 6.04. The van der Waals surface area contributed by atoms with Crippen molar-refractivity contribution in [2.45, 2.75) is 25.4 Å². The predicted molar refractivity (Wildman–Crippen MR) is 103 cm³/mol. The molecule has 1 saturated heterocycles. The fourth-order valence-corrected chi connectivity index (χ4v) is 4.62. The SMILES string of the molecule is C[C@]12C(=O)N(Cc3ccc(F)cc3)CC(=O)N1CCc1c2[nH]c2ccccc12. The summed E-state index contributed by atoms with van der Waals surface area (Å²) in [6, 6.07) is 14.0. The van der Waals surface area contributed by atoms with Crippen LogP contribution in [0.5, 0.6) is 0 Å². The lowest BCUT2D eigenvalue weighted by molar-refractivity contribution is -0.166. The van der Waals surface area contributed by atoms with Crippen LogP contribution in [0.1, 0.15) is 23.7 Å². The molecule has 2 aromatic carbocycles. The quantitative estimate of drug-likeness (QED) is 0.747. The van der Waals surface area contributed by atoms with Crippen LogP contribution in [0.3, 0.4) is 0 Å². The molecule has 0 saturated carbocycles. The van der Waals surface area contributed by atoms with E-state index in [0.717, 1.165) is 34.1 Å². The fourth-order valence-electron chi connectivity index (χ4n) is 4.62. The molecule has 5 nitrogen and oxygen atoms in total. The molecule has 2 amide bonds. The van der Waals surface area contributed by atoms with Gasteiger partial charge in [-0.25, -0.2) is 4.39 Å². The van der Waals surface area contributed by atoms with Crippen molar-refractivity contribution < 1.29 is 14.0 Å². The van der Waals surface area contributed by atoms with Gasteiger partial charge < -0.3 is 14.8 Å². The lowest BCUT2D eigenvalue weighted by Gasteiger charge is -2.49. The molecule has 1 fully saturated rings. The number of nitrogens with one attached hydrogen (secondary N) is 1. The number of carbonyl (C=O) groups is 2. The topological polar surface area (TPSA) is 56.4 Å². The van der Waals surface area contributed by atoms with Crippen molar-refractivity contribution in [3.05, 3.63) is 71.2 Å². The zero-order chi connectivity index (χ0) is 19.5. The predicted octanol–water partition coefficient (Wildman–Crippen LogP) is 2.95. The summed E-state index contributed by atoms with van der Waals surface area (Å²) < 4.78 is 13.2. The lowest BCUT2D eigenvalue weighted by atomic mass is 9.83. The van der Waals surface area contributed by atoms with E-state index in [0.29, 0.717) is 6.54 Å². The highest BCUT2D eigenvalue weighted by Crippen LogP contribution is 2.42. The Balaban J connectivity index is 1.58. The lowest BCUT2D eigenvalue weighted by Crippen LogP contribution is -2.66. The van der Waals surface area contributed by atoms with Gasteiger partial charge in [-0.15, -0.1) is 0 Å². The number of hydrogen-bond acceptors (Lipinski definition) is 2. The maximum Gasteiger partial charge on any atom is 0.255 e. The first-order valence-corrected chi connectivity index (χ1v) is 9.43. The first-order chi connectivity index (χ1) is 13.5. The molecule has 6 heteroatoms. The average Bonchev–Trinajstić information content (AvgIpc) is 3.08. The third kappa shape index (κ3) is 2.30. The number of hydrogen-bond donors (Lipinski definition) is 1. The van der Waals surface area contributed by atoms with Gasteiger partial charge in [0.25, 0.3) is 5.91 Å². The summed E-state index contributed by atoms with van der Waals surface area (Å²) in [5, 5.41) is 1.11. The Kier molecular flexibility index (Phi) is 3.59. The summed E-state index contributed by atoms with van der Waals surface area (Å²) in [6.07, 6.45) is 0.728. The zero-order valence-electron chi connectivity index (χ0n) is 15.5. The van der Waals surface area contributed by atoms with Crippen LogP contribution in [0.25, 0.3) is 10.9 Å². The van der Waals surface area contributed by atoms with Crippen LogP contribution in [-0.4, -0.2) is 39.7 Å². The molecule has 0 radical (unpaired) electrons. The van der Waals surface area contributed by atoms with Gasteiger partial charge in [0.15, 0.2) is 5.54 Å². The summed E-state index contributed by atoms with van der Waals surface area (Å²) in [6.45, 7) is 2.68. The van der Waals surface area contributed by atoms with E-state index in [4.69, 9.17) is 0 Å². The highest BCUT2D eigenvalue weighted by molar-refractivity contribution is 6.00. The number of para-hydroxylation sites is 1. The summed E-state index contributed by atoms with van der Waals surface area (Å²) >= 11 is 0. The number of halogens is 1. The zero-order valence-corrected chi connectivity index (χ0v) is 15.5. The maximum atomic E-state index is 13.6. The number of benzene rings is 2. The Labute approximate surface area is 161 Å². The second-order valence-corrected chi connectivity index (χ2v) is 7.68. The van der Waals surface area contributed by atoms with Crippen LogP contribution in [0.2, 0.25) is 0 Å². The molecule has 1 atom stereocenters. The van der Waals surface area contributed by atoms with E-state index < -0.39 is 5.54 Å². The van der Waals surface area contributed by atoms with Crippen LogP contribution < -0.4 is 0 Å². The van der Waals surface area contributed by atoms with Crippen LogP contribution in [-0.2, 0) is 28.1 Å². The molecule has 2 aliphatic heterocycles. The van der Waals surface area contributed by atoms with Gasteiger partial charge in [-0.2, -0.15) is 0 Å². The van der Waals surface area contributed by atoms with Crippen molar-refractivity contribution >= 4 is 22.7 Å². The highest BCUT2D eigenvalue weighted by Gasteiger charge is 2.54. The van der Waals surface area contributed by atoms with Gasteiger partial charge in [0.1, 0.15) is 12.4 Å². The number of H-pyrrole nitrogens is 1. The van der Waals surface area contributed by atoms with Crippen LogP contribution >= 0.6 is 0 Å². The maximum absolute atomic E-state index is 13.6. The fraction of sp³-hybridized carbons (Fsp3) is 0.273. The Hall–Kier alpha value is -3.15. The number of fused-ring (bicyclic) bond motifs is 5. The smallest absolute Gasteiger partial charge is 0.255 e. The van der Waals surface area contributed by atoms with Crippen molar-refractivity contribution in [1.29, 1.82) is 0 Å². The summed E-state index contributed by atoms with van der Waals surface area (Å²) in [5.41, 5.74) is 2.64. The Morgan fingerprint density at radius 3 is 2.64 bits per heavy atom. The molecule has 3 heterocycles. The Morgan fingerprint density at radius 1 is 1.11 bits per heavy atom. The van der Waals surface area contributed by atoms with Gasteiger partial charge in [0, 0.05) is 24.0 Å². The molecule has 0 unspecified atom stereocenters. The average molecular weight is 377 g/mol. The number of aromatic amines is 1. The second kappa shape index (κ2) is 5.92. The number of piperazine rings is 1. The number of amides is 2. The normalized spacial score (nSPS) is 21.8. The van der Waals surface area contributed by atoms with Crippen molar-refractivity contribution in [3.63, 3.8) is 0 Å². The molecule has 142 valence electrons. The Morgan fingerprint density at radius 2 is 1.86 bits per heavy atom. The van der Waals surface area contributed by atoms with E-state index >= 15 is 0 Å². The molecule has 1 N–H and O–H groups in total. The van der Waals surface area contributed by atoms with Crippen molar-refractivity contribution in [3.8, 4) is 0 Å². The standard InChI is InChI=1S/C22H20FN3O2/c1-22-20-17(16-4-2-3-5-18(16)24-20)10-11-26(22)19(27)13-25(21(22)28)12-14-6-8-15(23)9-7-14/h2-9,24H,10-13H2,1H3/t22-/m0/s1. The van der Waals surface area contributed by atoms with Crippen molar-refractivity contribution in [2.75, 3.05) is 13.1 Å². The summed E-state index contributed by atoms with van der Waals surface area (Å²) in [4.78, 5) is 33.2. The molecular weight excluding hydrogens is 357 g/mol. The minimum absolute atomic E-state index is 0.0430.